The Kier molecular flexibility index (Phi) is 1.89. The first-order chi connectivity index (χ1) is 6.57. The molecule has 0 aliphatic heterocycles. The van der Waals surface area contributed by atoms with Gasteiger partial charge in [-0.2, -0.15) is 5.26 Å². The summed E-state index contributed by atoms with van der Waals surface area (Å²) in [6.45, 7) is 6.29. The molecule has 0 N–H and O–H groups in total. The Morgan fingerprint density at radius 3 is 2.64 bits per heavy atom. The van der Waals surface area contributed by atoms with Crippen molar-refractivity contribution in [1.82, 2.24) is 0 Å². The van der Waals surface area contributed by atoms with E-state index in [1.165, 1.54) is 16.7 Å². The summed E-state index contributed by atoms with van der Waals surface area (Å²) in [4.78, 5) is 0. The van der Waals surface area contributed by atoms with Gasteiger partial charge in [-0.05, 0) is 38.3 Å². The van der Waals surface area contributed by atoms with Crippen molar-refractivity contribution in [3.63, 3.8) is 0 Å². The molecule has 1 saturated carbocycles. The topological polar surface area (TPSA) is 23.8 Å². The SMILES string of the molecule is Cc1ccc(C2CC2(C)C#N)c(C)c1. The molecule has 1 aliphatic carbocycles. The second-order valence-electron chi connectivity index (χ2n) is 4.65. The number of aryl methyl sites for hydroxylation is 2. The minimum Gasteiger partial charge on any atom is -0.198 e. The fourth-order valence-electron chi connectivity index (χ4n) is 2.16. The molecule has 0 aromatic heterocycles. The summed E-state index contributed by atoms with van der Waals surface area (Å²) in [5, 5.41) is 8.99. The van der Waals surface area contributed by atoms with Crippen LogP contribution >= 0.6 is 0 Å². The van der Waals surface area contributed by atoms with Gasteiger partial charge in [-0.3, -0.25) is 0 Å². The molecular formula is C13H15N. The van der Waals surface area contributed by atoms with Gasteiger partial charge in [0.1, 0.15) is 0 Å². The average Bonchev–Trinajstić information content (AvgIpc) is 2.79. The van der Waals surface area contributed by atoms with Gasteiger partial charge < -0.3 is 0 Å². The van der Waals surface area contributed by atoms with Crippen molar-refractivity contribution in [2.24, 2.45) is 5.41 Å². The van der Waals surface area contributed by atoms with E-state index in [4.69, 9.17) is 5.26 Å². The number of nitrogens with zero attached hydrogens (tertiary/aromatic N) is 1. The van der Waals surface area contributed by atoms with Gasteiger partial charge in [0.05, 0.1) is 11.5 Å². The van der Waals surface area contributed by atoms with Crippen LogP contribution in [-0.2, 0) is 0 Å². The van der Waals surface area contributed by atoms with Gasteiger partial charge >= 0.3 is 0 Å². The second-order valence-corrected chi connectivity index (χ2v) is 4.65. The Hall–Kier alpha value is -1.29. The van der Waals surface area contributed by atoms with E-state index in [0.717, 1.165) is 6.42 Å². The first-order valence-electron chi connectivity index (χ1n) is 5.05. The highest BCUT2D eigenvalue weighted by Gasteiger charge is 2.51. The van der Waals surface area contributed by atoms with Crippen molar-refractivity contribution < 1.29 is 0 Å². The predicted octanol–water partition coefficient (Wildman–Crippen LogP) is 3.32. The van der Waals surface area contributed by atoms with Crippen LogP contribution in [-0.4, -0.2) is 0 Å². The summed E-state index contributed by atoms with van der Waals surface area (Å²) in [6.07, 6.45) is 1.02. The quantitative estimate of drug-likeness (QED) is 0.658. The van der Waals surface area contributed by atoms with Crippen LogP contribution < -0.4 is 0 Å². The maximum absolute atomic E-state index is 8.99. The van der Waals surface area contributed by atoms with E-state index in [-0.39, 0.29) is 5.41 Å². The fraction of sp³-hybridized carbons (Fsp3) is 0.462. The Balaban J connectivity index is 2.33. The standard InChI is InChI=1S/C13H15N/c1-9-4-5-11(10(2)6-9)12-7-13(12,3)8-14/h4-6,12H,7H2,1-3H3. The lowest BCUT2D eigenvalue weighted by molar-refractivity contribution is 0.725. The molecular weight excluding hydrogens is 170 g/mol. The molecule has 1 nitrogen and oxygen atoms in total. The van der Waals surface area contributed by atoms with Crippen molar-refractivity contribution in [2.45, 2.75) is 33.1 Å². The molecule has 0 radical (unpaired) electrons. The maximum Gasteiger partial charge on any atom is 0.0693 e. The van der Waals surface area contributed by atoms with E-state index >= 15 is 0 Å². The van der Waals surface area contributed by atoms with Gasteiger partial charge in [-0.1, -0.05) is 23.8 Å². The zero-order valence-corrected chi connectivity index (χ0v) is 8.96. The van der Waals surface area contributed by atoms with Crippen LogP contribution in [0.3, 0.4) is 0 Å². The van der Waals surface area contributed by atoms with Crippen LogP contribution in [0, 0.1) is 30.6 Å². The van der Waals surface area contributed by atoms with Crippen molar-refractivity contribution in [1.29, 1.82) is 5.26 Å². The van der Waals surface area contributed by atoms with Crippen molar-refractivity contribution in [3.8, 4) is 6.07 Å². The molecule has 2 rings (SSSR count). The van der Waals surface area contributed by atoms with Crippen molar-refractivity contribution >= 4 is 0 Å². The summed E-state index contributed by atoms with van der Waals surface area (Å²) in [5.74, 6) is 0.466. The van der Waals surface area contributed by atoms with Crippen LogP contribution in [0.5, 0.6) is 0 Å². The summed E-state index contributed by atoms with van der Waals surface area (Å²) >= 11 is 0. The normalized spacial score (nSPS) is 29.7. The Morgan fingerprint density at radius 1 is 1.43 bits per heavy atom. The highest BCUT2D eigenvalue weighted by Crippen LogP contribution is 2.59. The van der Waals surface area contributed by atoms with Gasteiger partial charge in [-0.25, -0.2) is 0 Å². The lowest BCUT2D eigenvalue weighted by Gasteiger charge is -2.07. The smallest absolute Gasteiger partial charge is 0.0693 e. The summed E-state index contributed by atoms with van der Waals surface area (Å²) < 4.78 is 0. The zero-order valence-electron chi connectivity index (χ0n) is 8.96. The fourth-order valence-corrected chi connectivity index (χ4v) is 2.16. The largest absolute Gasteiger partial charge is 0.198 e. The molecule has 1 heteroatoms. The summed E-state index contributed by atoms with van der Waals surface area (Å²) in [6, 6.07) is 8.92. The van der Waals surface area contributed by atoms with Crippen LogP contribution in [0.1, 0.15) is 36.0 Å². The first-order valence-corrected chi connectivity index (χ1v) is 5.05. The summed E-state index contributed by atoms with van der Waals surface area (Å²) in [5.41, 5.74) is 3.89. The minimum atomic E-state index is -0.0972. The molecule has 0 amide bonds. The molecule has 0 bridgehead atoms. The summed E-state index contributed by atoms with van der Waals surface area (Å²) in [7, 11) is 0. The highest BCUT2D eigenvalue weighted by molar-refractivity contribution is 5.40. The molecule has 2 atom stereocenters. The minimum absolute atomic E-state index is 0.0972. The predicted molar refractivity (Wildman–Crippen MR) is 57.0 cm³/mol. The molecule has 1 aromatic rings. The highest BCUT2D eigenvalue weighted by atomic mass is 14.5. The monoisotopic (exact) mass is 185 g/mol. The zero-order chi connectivity index (χ0) is 10.3. The Labute approximate surface area is 85.4 Å². The third-order valence-electron chi connectivity index (χ3n) is 3.29. The number of benzene rings is 1. The molecule has 0 heterocycles. The van der Waals surface area contributed by atoms with Crippen molar-refractivity contribution in [3.05, 3.63) is 34.9 Å². The number of hydrogen-bond donors (Lipinski definition) is 0. The third kappa shape index (κ3) is 1.32. The third-order valence-corrected chi connectivity index (χ3v) is 3.29. The van der Waals surface area contributed by atoms with E-state index in [2.05, 4.69) is 45.0 Å². The van der Waals surface area contributed by atoms with Gasteiger partial charge in [0.25, 0.3) is 0 Å². The molecule has 0 spiro atoms. The van der Waals surface area contributed by atoms with E-state index in [1.807, 2.05) is 0 Å². The molecule has 0 saturated heterocycles. The van der Waals surface area contributed by atoms with Crippen molar-refractivity contribution in [2.75, 3.05) is 0 Å². The van der Waals surface area contributed by atoms with E-state index in [1.54, 1.807) is 0 Å². The van der Waals surface area contributed by atoms with Crippen LogP contribution in [0.25, 0.3) is 0 Å². The lowest BCUT2D eigenvalue weighted by atomic mass is 9.97. The van der Waals surface area contributed by atoms with E-state index in [9.17, 15) is 0 Å². The number of nitriles is 1. The Morgan fingerprint density at radius 2 is 2.14 bits per heavy atom. The second kappa shape index (κ2) is 2.85. The van der Waals surface area contributed by atoms with Crippen LogP contribution in [0.2, 0.25) is 0 Å². The number of hydrogen-bond acceptors (Lipinski definition) is 1. The molecule has 1 aliphatic rings. The molecule has 1 aromatic carbocycles. The number of rotatable bonds is 1. The Bertz CT molecular complexity index is 414. The van der Waals surface area contributed by atoms with E-state index in [0.29, 0.717) is 5.92 Å². The molecule has 2 unspecified atom stereocenters. The van der Waals surface area contributed by atoms with Gasteiger partial charge in [0, 0.05) is 5.92 Å². The van der Waals surface area contributed by atoms with Gasteiger partial charge in [0.2, 0.25) is 0 Å². The average molecular weight is 185 g/mol. The van der Waals surface area contributed by atoms with Crippen LogP contribution in [0.15, 0.2) is 18.2 Å². The molecule has 1 fully saturated rings. The maximum atomic E-state index is 8.99. The van der Waals surface area contributed by atoms with Gasteiger partial charge in [0.15, 0.2) is 0 Å². The van der Waals surface area contributed by atoms with Gasteiger partial charge in [-0.15, -0.1) is 0 Å². The van der Waals surface area contributed by atoms with Crippen LogP contribution in [0.4, 0.5) is 0 Å². The molecule has 14 heavy (non-hydrogen) atoms. The van der Waals surface area contributed by atoms with E-state index < -0.39 is 0 Å². The first kappa shape index (κ1) is 9.27. The lowest BCUT2D eigenvalue weighted by Crippen LogP contribution is -1.95. The molecule has 72 valence electrons.